The number of halogens is 1. The van der Waals surface area contributed by atoms with Gasteiger partial charge >= 0.3 is 12.0 Å². The van der Waals surface area contributed by atoms with Gasteiger partial charge in [0.1, 0.15) is 18.1 Å². The van der Waals surface area contributed by atoms with Crippen molar-refractivity contribution in [3.05, 3.63) is 98.6 Å². The molecule has 2 heterocycles. The largest absolute Gasteiger partial charge is 0.490 e. The summed E-state index contributed by atoms with van der Waals surface area (Å²) in [5.74, 6) is 0.215. The lowest BCUT2D eigenvalue weighted by atomic mass is 10.1. The van der Waals surface area contributed by atoms with Crippen LogP contribution in [0.5, 0.6) is 11.5 Å². The Kier molecular flexibility index (Phi) is 8.06. The number of hydrogen-bond acceptors (Lipinski definition) is 7. The molecular weight excluding hydrogens is 627 g/mol. The smallest absolute Gasteiger partial charge is 0.373 e. The maximum Gasteiger partial charge on any atom is 0.373 e. The standard InChI is InChI=1S/C30H25IN2O7/c1-3-38-26-15-18(13-23(31)27(26)39-17-20-9-6-8-19-7-4-5-10-22(19)20)14-24-28(34)33(30(36)32-24)16-21-11-12-25(40-21)29(35)37-2/h4-15H,3,16-17H2,1-2H3,(H,32,36)/b24-14-. The molecule has 9 nitrogen and oxygen atoms in total. The Labute approximate surface area is 243 Å². The van der Waals surface area contributed by atoms with Crippen molar-refractivity contribution in [2.45, 2.75) is 20.1 Å². The lowest BCUT2D eigenvalue weighted by molar-refractivity contribution is -0.123. The highest BCUT2D eigenvalue weighted by Gasteiger charge is 2.34. The molecule has 0 unspecified atom stereocenters. The Morgan fingerprint density at radius 2 is 1.85 bits per heavy atom. The summed E-state index contributed by atoms with van der Waals surface area (Å²) in [6.07, 6.45) is 1.58. The molecule has 0 spiro atoms. The van der Waals surface area contributed by atoms with Crippen LogP contribution in [0.2, 0.25) is 0 Å². The monoisotopic (exact) mass is 652 g/mol. The van der Waals surface area contributed by atoms with Crippen LogP contribution in [0.25, 0.3) is 16.8 Å². The van der Waals surface area contributed by atoms with Gasteiger partial charge in [0.05, 0.1) is 23.8 Å². The average molecular weight is 652 g/mol. The molecule has 3 amide bonds. The molecule has 0 aliphatic carbocycles. The summed E-state index contributed by atoms with van der Waals surface area (Å²) in [5.41, 5.74) is 1.81. The van der Waals surface area contributed by atoms with E-state index in [1.54, 1.807) is 12.1 Å². The molecule has 0 bridgehead atoms. The van der Waals surface area contributed by atoms with E-state index in [4.69, 9.17) is 13.9 Å². The number of esters is 1. The third kappa shape index (κ3) is 5.67. The maximum absolute atomic E-state index is 13.0. The van der Waals surface area contributed by atoms with Gasteiger partial charge in [-0.05, 0) is 81.8 Å². The average Bonchev–Trinajstić information content (AvgIpc) is 3.52. The first kappa shape index (κ1) is 27.3. The summed E-state index contributed by atoms with van der Waals surface area (Å²) in [5, 5.41) is 4.86. The van der Waals surface area contributed by atoms with Crippen molar-refractivity contribution in [1.82, 2.24) is 10.2 Å². The molecule has 1 aliphatic rings. The molecule has 40 heavy (non-hydrogen) atoms. The van der Waals surface area contributed by atoms with Crippen LogP contribution in [0.4, 0.5) is 4.79 Å². The zero-order valence-electron chi connectivity index (χ0n) is 21.7. The predicted octanol–water partition coefficient (Wildman–Crippen LogP) is 5.89. The highest BCUT2D eigenvalue weighted by Crippen LogP contribution is 2.36. The van der Waals surface area contributed by atoms with Gasteiger partial charge < -0.3 is 23.9 Å². The van der Waals surface area contributed by atoms with Gasteiger partial charge in [-0.2, -0.15) is 0 Å². The summed E-state index contributed by atoms with van der Waals surface area (Å²) in [4.78, 5) is 38.2. The summed E-state index contributed by atoms with van der Waals surface area (Å²) >= 11 is 2.17. The minimum atomic E-state index is -0.645. The number of furan rings is 1. The molecule has 0 radical (unpaired) electrons. The number of carbonyl (C=O) groups excluding carboxylic acids is 3. The fraction of sp³-hybridized carbons (Fsp3) is 0.167. The van der Waals surface area contributed by atoms with Gasteiger partial charge in [0, 0.05) is 0 Å². The van der Waals surface area contributed by atoms with Gasteiger partial charge in [-0.15, -0.1) is 0 Å². The fourth-order valence-corrected chi connectivity index (χ4v) is 5.13. The van der Waals surface area contributed by atoms with Crippen molar-refractivity contribution >= 4 is 57.3 Å². The van der Waals surface area contributed by atoms with Crippen molar-refractivity contribution in [1.29, 1.82) is 0 Å². The molecule has 204 valence electrons. The Balaban J connectivity index is 1.36. The van der Waals surface area contributed by atoms with E-state index < -0.39 is 17.9 Å². The van der Waals surface area contributed by atoms with Crippen LogP contribution < -0.4 is 14.8 Å². The number of nitrogens with one attached hydrogen (secondary N) is 1. The van der Waals surface area contributed by atoms with Gasteiger partial charge in [0.25, 0.3) is 5.91 Å². The Bertz CT molecular complexity index is 1640. The van der Waals surface area contributed by atoms with E-state index in [1.165, 1.54) is 19.2 Å². The molecule has 1 N–H and O–H groups in total. The summed E-state index contributed by atoms with van der Waals surface area (Å²) in [6, 6.07) is 20.2. The lowest BCUT2D eigenvalue weighted by Crippen LogP contribution is -2.30. The van der Waals surface area contributed by atoms with Crippen molar-refractivity contribution in [2.24, 2.45) is 0 Å². The minimum absolute atomic E-state index is 0.0129. The first-order valence-corrected chi connectivity index (χ1v) is 13.5. The topological polar surface area (TPSA) is 107 Å². The van der Waals surface area contributed by atoms with Gasteiger partial charge in [-0.3, -0.25) is 9.69 Å². The number of rotatable bonds is 9. The van der Waals surface area contributed by atoms with E-state index in [9.17, 15) is 14.4 Å². The number of hydrogen-bond donors (Lipinski definition) is 1. The lowest BCUT2D eigenvalue weighted by Gasteiger charge is -2.16. The molecule has 10 heteroatoms. The molecule has 0 atom stereocenters. The molecule has 0 saturated carbocycles. The number of benzene rings is 3. The van der Waals surface area contributed by atoms with Crippen LogP contribution in [-0.4, -0.2) is 36.5 Å². The highest BCUT2D eigenvalue weighted by atomic mass is 127. The predicted molar refractivity (Wildman–Crippen MR) is 156 cm³/mol. The second-order valence-corrected chi connectivity index (χ2v) is 9.99. The second-order valence-electron chi connectivity index (χ2n) is 8.83. The molecule has 1 aromatic heterocycles. The van der Waals surface area contributed by atoms with Gasteiger partial charge in [-0.1, -0.05) is 42.5 Å². The van der Waals surface area contributed by atoms with Crippen LogP contribution in [0.3, 0.4) is 0 Å². The number of amides is 3. The van der Waals surface area contributed by atoms with E-state index in [1.807, 2.05) is 37.3 Å². The van der Waals surface area contributed by atoms with Gasteiger partial charge in [0.15, 0.2) is 11.5 Å². The fourth-order valence-electron chi connectivity index (χ4n) is 4.35. The SMILES string of the molecule is CCOc1cc(/C=C2\NC(=O)N(Cc3ccc(C(=O)OC)o3)C2=O)cc(I)c1OCc1cccc2ccccc12. The van der Waals surface area contributed by atoms with E-state index in [-0.39, 0.29) is 23.8 Å². The first-order valence-electron chi connectivity index (χ1n) is 12.4. The number of ether oxygens (including phenoxy) is 3. The highest BCUT2D eigenvalue weighted by molar-refractivity contribution is 14.1. The summed E-state index contributed by atoms with van der Waals surface area (Å²) < 4.78 is 22.9. The van der Waals surface area contributed by atoms with Crippen molar-refractivity contribution < 1.29 is 33.0 Å². The molecule has 1 saturated heterocycles. The summed E-state index contributed by atoms with van der Waals surface area (Å²) in [6.45, 7) is 2.51. The number of methoxy groups -OCH3 is 1. The Hall–Kier alpha value is -4.32. The van der Waals surface area contributed by atoms with E-state index in [0.29, 0.717) is 30.3 Å². The van der Waals surface area contributed by atoms with Crippen molar-refractivity contribution in [2.75, 3.05) is 13.7 Å². The van der Waals surface area contributed by atoms with Gasteiger partial charge in [0.2, 0.25) is 5.76 Å². The second kappa shape index (κ2) is 11.8. The van der Waals surface area contributed by atoms with E-state index in [0.717, 1.165) is 24.8 Å². The molecular formula is C30H25IN2O7. The zero-order valence-corrected chi connectivity index (χ0v) is 23.9. The number of imide groups is 1. The van der Waals surface area contributed by atoms with Crippen LogP contribution in [-0.2, 0) is 22.7 Å². The maximum atomic E-state index is 13.0. The van der Waals surface area contributed by atoms with Crippen molar-refractivity contribution in [3.63, 3.8) is 0 Å². The van der Waals surface area contributed by atoms with Crippen LogP contribution in [0.15, 0.2) is 76.8 Å². The number of fused-ring (bicyclic) bond motifs is 1. The number of urea groups is 1. The van der Waals surface area contributed by atoms with E-state index >= 15 is 0 Å². The molecule has 4 aromatic rings. The number of nitrogens with zero attached hydrogens (tertiary/aromatic N) is 1. The number of carbonyl (C=O) groups is 3. The molecule has 5 rings (SSSR count). The summed E-state index contributed by atoms with van der Waals surface area (Å²) in [7, 11) is 1.24. The Morgan fingerprint density at radius 3 is 2.65 bits per heavy atom. The third-order valence-electron chi connectivity index (χ3n) is 6.22. The van der Waals surface area contributed by atoms with Crippen LogP contribution in [0.1, 0.15) is 34.4 Å². The van der Waals surface area contributed by atoms with Crippen LogP contribution >= 0.6 is 22.6 Å². The molecule has 1 fully saturated rings. The Morgan fingerprint density at radius 1 is 1.05 bits per heavy atom. The third-order valence-corrected chi connectivity index (χ3v) is 7.02. The normalized spacial score (nSPS) is 14.1. The first-order chi connectivity index (χ1) is 19.4. The van der Waals surface area contributed by atoms with Crippen molar-refractivity contribution in [3.8, 4) is 11.5 Å². The molecule has 3 aromatic carbocycles. The minimum Gasteiger partial charge on any atom is -0.490 e. The zero-order chi connectivity index (χ0) is 28.2. The van der Waals surface area contributed by atoms with E-state index in [2.05, 4.69) is 50.8 Å². The quantitative estimate of drug-likeness (QED) is 0.104. The molecule has 1 aliphatic heterocycles. The van der Waals surface area contributed by atoms with Gasteiger partial charge in [-0.25, -0.2) is 9.59 Å². The van der Waals surface area contributed by atoms with Crippen LogP contribution in [0, 0.1) is 3.57 Å².